The molecule has 21 heavy (non-hydrogen) atoms. The Hall–Kier alpha value is -1.81. The van der Waals surface area contributed by atoms with Gasteiger partial charge in [0.2, 0.25) is 0 Å². The molecule has 1 aromatic heterocycles. The smallest absolute Gasteiger partial charge is 0.369 e. The maximum Gasteiger partial charge on any atom is 0.433 e. The van der Waals surface area contributed by atoms with Gasteiger partial charge >= 0.3 is 12.2 Å². The van der Waals surface area contributed by atoms with Crippen molar-refractivity contribution in [3.05, 3.63) is 11.8 Å². The molecule has 10 heteroatoms. The zero-order valence-corrected chi connectivity index (χ0v) is 11.6. The number of hydrogen-bond acceptors (Lipinski definition) is 4. The van der Waals surface area contributed by atoms with Gasteiger partial charge in [-0.2, -0.15) is 18.3 Å². The lowest BCUT2D eigenvalue weighted by Gasteiger charge is -2.20. The molecule has 2 amide bonds. The largest absolute Gasteiger partial charge is 0.433 e. The quantitative estimate of drug-likeness (QED) is 0.904. The summed E-state index contributed by atoms with van der Waals surface area (Å²) in [4.78, 5) is 13.9. The topological polar surface area (TPSA) is 70.8 Å². The van der Waals surface area contributed by atoms with Crippen LogP contribution in [0.3, 0.4) is 0 Å². The van der Waals surface area contributed by atoms with Gasteiger partial charge < -0.3 is 9.84 Å². The third-order valence-corrected chi connectivity index (χ3v) is 3.15. The molecule has 2 rings (SSSR count). The number of amides is 2. The van der Waals surface area contributed by atoms with E-state index in [-0.39, 0.29) is 12.4 Å². The summed E-state index contributed by atoms with van der Waals surface area (Å²) < 4.78 is 44.1. The number of ether oxygens (including phenoxy) is 1. The van der Waals surface area contributed by atoms with E-state index in [0.29, 0.717) is 10.7 Å². The Bertz CT molecular complexity index is 545. The second-order valence-electron chi connectivity index (χ2n) is 4.53. The van der Waals surface area contributed by atoms with Crippen molar-refractivity contribution in [2.24, 2.45) is 7.05 Å². The molecule has 0 bridgehead atoms. The monoisotopic (exact) mass is 308 g/mol. The predicted molar refractivity (Wildman–Crippen MR) is 65.3 cm³/mol. The van der Waals surface area contributed by atoms with Gasteiger partial charge in [0.05, 0.1) is 0 Å². The van der Waals surface area contributed by atoms with E-state index in [2.05, 4.69) is 5.10 Å². The molecule has 1 aliphatic heterocycles. The van der Waals surface area contributed by atoms with Crippen LogP contribution < -0.4 is 4.90 Å². The number of halogens is 3. The zero-order valence-electron chi connectivity index (χ0n) is 11.6. The number of aliphatic hydroxyl groups excluding tert-OH is 1. The number of rotatable bonds is 3. The zero-order chi connectivity index (χ0) is 15.9. The lowest BCUT2D eigenvalue weighted by molar-refractivity contribution is -0.143. The highest BCUT2D eigenvalue weighted by molar-refractivity contribution is 5.93. The third kappa shape index (κ3) is 2.56. The van der Waals surface area contributed by atoms with Crippen molar-refractivity contribution < 1.29 is 27.8 Å². The van der Waals surface area contributed by atoms with Crippen LogP contribution in [-0.2, 0) is 18.0 Å². The van der Waals surface area contributed by atoms with Crippen molar-refractivity contribution in [3.8, 4) is 0 Å². The minimum absolute atomic E-state index is 0.239. The number of anilines is 1. The lowest BCUT2D eigenvalue weighted by atomic mass is 10.4. The Labute approximate surface area is 118 Å². The van der Waals surface area contributed by atoms with Crippen molar-refractivity contribution in [2.45, 2.75) is 25.6 Å². The molecule has 1 aliphatic rings. The molecule has 0 saturated carbocycles. The molecule has 0 aromatic carbocycles. The highest BCUT2D eigenvalue weighted by atomic mass is 19.4. The van der Waals surface area contributed by atoms with E-state index in [1.807, 2.05) is 0 Å². The van der Waals surface area contributed by atoms with Crippen molar-refractivity contribution >= 4 is 11.8 Å². The normalized spacial score (nSPS) is 23.3. The SMILES string of the molecule is CCOC1C(O)N(c2cc(C(F)(F)F)n(C)n2)C(=O)N1C. The molecule has 0 radical (unpaired) electrons. The van der Waals surface area contributed by atoms with Crippen LogP contribution >= 0.6 is 0 Å². The van der Waals surface area contributed by atoms with Gasteiger partial charge in [0.25, 0.3) is 0 Å². The molecular weight excluding hydrogens is 293 g/mol. The van der Waals surface area contributed by atoms with Crippen LogP contribution in [0.15, 0.2) is 6.07 Å². The Morgan fingerprint density at radius 3 is 2.52 bits per heavy atom. The van der Waals surface area contributed by atoms with Crippen LogP contribution in [0.1, 0.15) is 12.6 Å². The first-order valence-corrected chi connectivity index (χ1v) is 6.15. The molecule has 118 valence electrons. The summed E-state index contributed by atoms with van der Waals surface area (Å²) in [7, 11) is 2.50. The van der Waals surface area contributed by atoms with Crippen molar-refractivity contribution in [2.75, 3.05) is 18.6 Å². The van der Waals surface area contributed by atoms with Gasteiger partial charge in [-0.15, -0.1) is 0 Å². The summed E-state index contributed by atoms with van der Waals surface area (Å²) in [5.41, 5.74) is -1.01. The molecule has 1 fully saturated rings. The predicted octanol–water partition coefficient (Wildman–Crippen LogP) is 0.992. The number of nitrogens with zero attached hydrogens (tertiary/aromatic N) is 4. The molecule has 1 N–H and O–H groups in total. The van der Waals surface area contributed by atoms with E-state index in [1.165, 1.54) is 7.05 Å². The number of aromatic nitrogens is 2. The first-order chi connectivity index (χ1) is 9.68. The van der Waals surface area contributed by atoms with Crippen LogP contribution in [0.25, 0.3) is 0 Å². The van der Waals surface area contributed by atoms with E-state index in [1.54, 1.807) is 6.92 Å². The number of alkyl halides is 3. The van der Waals surface area contributed by atoms with E-state index in [4.69, 9.17) is 4.74 Å². The summed E-state index contributed by atoms with van der Waals surface area (Å²) in [6, 6.07) is 0.0243. The fourth-order valence-corrected chi connectivity index (χ4v) is 2.16. The summed E-state index contributed by atoms with van der Waals surface area (Å²) in [6.07, 6.45) is -6.99. The fraction of sp³-hybridized carbons (Fsp3) is 0.636. The average Bonchev–Trinajstić information content (AvgIpc) is 2.84. The lowest BCUT2D eigenvalue weighted by Crippen LogP contribution is -2.38. The highest BCUT2D eigenvalue weighted by Gasteiger charge is 2.46. The summed E-state index contributed by atoms with van der Waals surface area (Å²) in [5, 5.41) is 13.7. The number of carbonyl (C=O) groups is 1. The Balaban J connectivity index is 2.36. The third-order valence-electron chi connectivity index (χ3n) is 3.15. The number of urea groups is 1. The Morgan fingerprint density at radius 2 is 2.05 bits per heavy atom. The van der Waals surface area contributed by atoms with Crippen molar-refractivity contribution in [1.29, 1.82) is 0 Å². The number of likely N-dealkylation sites (N-methyl/N-ethyl adjacent to an activating group) is 1. The number of hydrogen-bond donors (Lipinski definition) is 1. The van der Waals surface area contributed by atoms with Gasteiger partial charge in [-0.05, 0) is 6.92 Å². The van der Waals surface area contributed by atoms with Crippen LogP contribution in [-0.4, -0.2) is 51.9 Å². The minimum atomic E-state index is -4.60. The molecule has 0 aliphatic carbocycles. The molecule has 2 atom stereocenters. The standard InChI is InChI=1S/C11H15F3N4O3/c1-4-21-9-8(19)18(10(20)16(9)2)7-5-6(11(12,13)14)17(3)15-7/h5,8-9,19H,4H2,1-3H3. The molecule has 1 saturated heterocycles. The highest BCUT2D eigenvalue weighted by Crippen LogP contribution is 2.33. The summed E-state index contributed by atoms with van der Waals surface area (Å²) in [5.74, 6) is -0.281. The van der Waals surface area contributed by atoms with Crippen molar-refractivity contribution in [3.63, 3.8) is 0 Å². The number of carbonyl (C=O) groups excluding carboxylic acids is 1. The van der Waals surface area contributed by atoms with Gasteiger partial charge in [-0.3, -0.25) is 9.58 Å². The Morgan fingerprint density at radius 1 is 1.43 bits per heavy atom. The van der Waals surface area contributed by atoms with Gasteiger partial charge in [0.15, 0.2) is 18.3 Å². The number of aryl methyl sites for hydroxylation is 1. The first kappa shape index (κ1) is 15.6. The van der Waals surface area contributed by atoms with Crippen LogP contribution in [0.5, 0.6) is 0 Å². The van der Waals surface area contributed by atoms with Gasteiger partial charge in [0, 0.05) is 26.8 Å². The van der Waals surface area contributed by atoms with Crippen LogP contribution in [0.2, 0.25) is 0 Å². The van der Waals surface area contributed by atoms with E-state index in [0.717, 1.165) is 16.8 Å². The van der Waals surface area contributed by atoms with E-state index in [9.17, 15) is 23.1 Å². The molecule has 7 nitrogen and oxygen atoms in total. The van der Waals surface area contributed by atoms with E-state index >= 15 is 0 Å². The van der Waals surface area contributed by atoms with Crippen molar-refractivity contribution in [1.82, 2.24) is 14.7 Å². The molecular formula is C11H15F3N4O3. The first-order valence-electron chi connectivity index (χ1n) is 6.15. The molecule has 2 heterocycles. The van der Waals surface area contributed by atoms with Gasteiger partial charge in [0.1, 0.15) is 5.69 Å². The average molecular weight is 308 g/mol. The van der Waals surface area contributed by atoms with Crippen LogP contribution in [0.4, 0.5) is 23.8 Å². The molecule has 0 spiro atoms. The maximum atomic E-state index is 12.8. The van der Waals surface area contributed by atoms with Gasteiger partial charge in [-0.25, -0.2) is 9.69 Å². The second-order valence-corrected chi connectivity index (χ2v) is 4.53. The number of aliphatic hydroxyl groups is 1. The fourth-order valence-electron chi connectivity index (χ4n) is 2.16. The van der Waals surface area contributed by atoms with Crippen LogP contribution in [0, 0.1) is 0 Å². The van der Waals surface area contributed by atoms with Gasteiger partial charge in [-0.1, -0.05) is 0 Å². The minimum Gasteiger partial charge on any atom is -0.369 e. The molecule has 2 unspecified atom stereocenters. The molecule has 1 aromatic rings. The maximum absolute atomic E-state index is 12.8. The van der Waals surface area contributed by atoms with E-state index < -0.39 is 30.4 Å². The second kappa shape index (κ2) is 5.19. The summed E-state index contributed by atoms with van der Waals surface area (Å²) in [6.45, 7) is 1.92. The summed E-state index contributed by atoms with van der Waals surface area (Å²) >= 11 is 0. The Kier molecular flexibility index (Phi) is 3.85.